The van der Waals surface area contributed by atoms with E-state index in [1.54, 1.807) is 54.5 Å². The summed E-state index contributed by atoms with van der Waals surface area (Å²) >= 11 is 0. The number of ether oxygens (including phenoxy) is 1. The fourth-order valence-electron chi connectivity index (χ4n) is 3.61. The lowest BCUT2D eigenvalue weighted by molar-refractivity contribution is -0.131. The molecule has 0 spiro atoms. The predicted octanol–water partition coefficient (Wildman–Crippen LogP) is 1.96. The van der Waals surface area contributed by atoms with Gasteiger partial charge < -0.3 is 19.6 Å². The average molecular weight is 451 g/mol. The van der Waals surface area contributed by atoms with Crippen LogP contribution in [0.15, 0.2) is 36.8 Å². The van der Waals surface area contributed by atoms with Crippen molar-refractivity contribution in [2.24, 2.45) is 5.92 Å². The molecule has 8 nitrogen and oxygen atoms in total. The number of pyridine rings is 2. The molecule has 0 radical (unpaired) electrons. The Kier molecular flexibility index (Phi) is 8.01. The minimum Gasteiger partial charge on any atom is -0.472 e. The van der Waals surface area contributed by atoms with Crippen LogP contribution < -0.4 is 4.74 Å². The number of carbonyl (C=O) groups is 2. The number of amides is 2. The van der Waals surface area contributed by atoms with Crippen LogP contribution in [0.5, 0.6) is 5.88 Å². The van der Waals surface area contributed by atoms with Crippen LogP contribution in [0.4, 0.5) is 0 Å². The number of hydrogen-bond donors (Lipinski definition) is 1. The molecule has 2 amide bonds. The number of aliphatic hydroxyl groups is 1. The van der Waals surface area contributed by atoms with Gasteiger partial charge >= 0.3 is 0 Å². The number of aromatic nitrogens is 2. The normalized spacial score (nSPS) is 18.7. The topological polar surface area (TPSA) is 95.9 Å². The molecule has 2 aromatic heterocycles. The van der Waals surface area contributed by atoms with Crippen molar-refractivity contribution in [2.45, 2.75) is 39.3 Å². The van der Waals surface area contributed by atoms with Crippen LogP contribution in [0, 0.1) is 17.8 Å². The van der Waals surface area contributed by atoms with E-state index < -0.39 is 0 Å². The number of nitrogens with zero attached hydrogens (tertiary/aromatic N) is 4. The maximum atomic E-state index is 13.4. The van der Waals surface area contributed by atoms with Gasteiger partial charge in [-0.3, -0.25) is 14.6 Å². The lowest BCUT2D eigenvalue weighted by Crippen LogP contribution is -2.50. The fourth-order valence-corrected chi connectivity index (χ4v) is 3.61. The quantitative estimate of drug-likeness (QED) is 0.700. The Morgan fingerprint density at radius 2 is 2.12 bits per heavy atom. The molecule has 3 atom stereocenters. The summed E-state index contributed by atoms with van der Waals surface area (Å²) in [6.07, 6.45) is 4.93. The van der Waals surface area contributed by atoms with Crippen molar-refractivity contribution in [1.29, 1.82) is 0 Å². The summed E-state index contributed by atoms with van der Waals surface area (Å²) in [6.45, 7) is 6.17. The number of likely N-dealkylation sites (N-methyl/N-ethyl adjacent to an activating group) is 1. The first kappa shape index (κ1) is 24.2. The zero-order valence-electron chi connectivity index (χ0n) is 19.5. The molecule has 0 saturated heterocycles. The second-order valence-corrected chi connectivity index (χ2v) is 8.32. The predicted molar refractivity (Wildman–Crippen MR) is 124 cm³/mol. The molecule has 1 N–H and O–H groups in total. The number of fused-ring (bicyclic) bond motifs is 1. The van der Waals surface area contributed by atoms with Crippen molar-refractivity contribution < 1.29 is 19.4 Å². The SMILES string of the molecule is CCC(=O)N(C)C[C@H]1Oc2ncc(C#Cc3cccnc3)cc2C(=O)N([C@@H](C)CO)C[C@@H]1C. The first-order valence-electron chi connectivity index (χ1n) is 11.1. The molecule has 0 aromatic carbocycles. The number of aliphatic hydroxyl groups excluding tert-OH is 1. The van der Waals surface area contributed by atoms with Crippen molar-refractivity contribution in [1.82, 2.24) is 19.8 Å². The van der Waals surface area contributed by atoms with Gasteiger partial charge in [0.1, 0.15) is 11.7 Å². The molecule has 33 heavy (non-hydrogen) atoms. The van der Waals surface area contributed by atoms with Crippen molar-refractivity contribution in [3.05, 3.63) is 53.5 Å². The van der Waals surface area contributed by atoms with Crippen LogP contribution in [0.3, 0.4) is 0 Å². The summed E-state index contributed by atoms with van der Waals surface area (Å²) in [6, 6.07) is 4.93. The third kappa shape index (κ3) is 5.88. The summed E-state index contributed by atoms with van der Waals surface area (Å²) in [5.74, 6) is 5.89. The third-order valence-corrected chi connectivity index (χ3v) is 5.72. The van der Waals surface area contributed by atoms with E-state index in [1.807, 2.05) is 19.9 Å². The highest BCUT2D eigenvalue weighted by molar-refractivity contribution is 5.97. The van der Waals surface area contributed by atoms with Gasteiger partial charge in [-0.25, -0.2) is 4.98 Å². The minimum atomic E-state index is -0.383. The summed E-state index contributed by atoms with van der Waals surface area (Å²) in [5, 5.41) is 9.76. The van der Waals surface area contributed by atoms with Gasteiger partial charge in [0, 0.05) is 55.6 Å². The fraction of sp³-hybridized carbons (Fsp3) is 0.440. The first-order valence-corrected chi connectivity index (χ1v) is 11.1. The van der Waals surface area contributed by atoms with Gasteiger partial charge in [-0.2, -0.15) is 0 Å². The monoisotopic (exact) mass is 450 g/mol. The molecule has 0 fully saturated rings. The van der Waals surface area contributed by atoms with Crippen LogP contribution in [0.2, 0.25) is 0 Å². The molecule has 0 saturated carbocycles. The zero-order valence-corrected chi connectivity index (χ0v) is 19.5. The maximum Gasteiger partial charge on any atom is 0.259 e. The van der Waals surface area contributed by atoms with Crippen LogP contribution in [0.25, 0.3) is 0 Å². The molecule has 8 heteroatoms. The van der Waals surface area contributed by atoms with E-state index in [9.17, 15) is 14.7 Å². The van der Waals surface area contributed by atoms with E-state index in [-0.39, 0.29) is 47.9 Å². The Labute approximate surface area is 194 Å². The Morgan fingerprint density at radius 1 is 1.36 bits per heavy atom. The van der Waals surface area contributed by atoms with Gasteiger partial charge in [-0.05, 0) is 25.1 Å². The number of carbonyl (C=O) groups excluding carboxylic acids is 2. The van der Waals surface area contributed by atoms with Gasteiger partial charge in [0.05, 0.1) is 19.2 Å². The van der Waals surface area contributed by atoms with E-state index >= 15 is 0 Å². The molecule has 2 aromatic rings. The van der Waals surface area contributed by atoms with Crippen molar-refractivity contribution in [3.8, 4) is 17.7 Å². The highest BCUT2D eigenvalue weighted by Gasteiger charge is 2.34. The van der Waals surface area contributed by atoms with Crippen LogP contribution in [0.1, 0.15) is 48.7 Å². The van der Waals surface area contributed by atoms with E-state index in [0.717, 1.165) is 5.56 Å². The van der Waals surface area contributed by atoms with E-state index in [2.05, 4.69) is 21.8 Å². The molecule has 174 valence electrons. The smallest absolute Gasteiger partial charge is 0.259 e. The van der Waals surface area contributed by atoms with Crippen molar-refractivity contribution in [3.63, 3.8) is 0 Å². The third-order valence-electron chi connectivity index (χ3n) is 5.72. The first-order chi connectivity index (χ1) is 15.8. The lowest BCUT2D eigenvalue weighted by atomic mass is 10.00. The molecular formula is C25H30N4O4. The van der Waals surface area contributed by atoms with Gasteiger partial charge in [0.15, 0.2) is 0 Å². The van der Waals surface area contributed by atoms with Crippen LogP contribution in [-0.2, 0) is 4.79 Å². The molecule has 3 heterocycles. The van der Waals surface area contributed by atoms with Gasteiger partial charge in [-0.15, -0.1) is 0 Å². The molecule has 0 aliphatic carbocycles. The summed E-state index contributed by atoms with van der Waals surface area (Å²) < 4.78 is 6.19. The number of hydrogen-bond acceptors (Lipinski definition) is 6. The van der Waals surface area contributed by atoms with Crippen molar-refractivity contribution >= 4 is 11.8 Å². The highest BCUT2D eigenvalue weighted by atomic mass is 16.5. The molecule has 1 aliphatic heterocycles. The van der Waals surface area contributed by atoms with Crippen molar-refractivity contribution in [2.75, 3.05) is 26.7 Å². The van der Waals surface area contributed by atoms with Gasteiger partial charge in [0.25, 0.3) is 5.91 Å². The highest BCUT2D eigenvalue weighted by Crippen LogP contribution is 2.27. The Balaban J connectivity index is 1.98. The van der Waals surface area contributed by atoms with E-state index in [4.69, 9.17) is 4.74 Å². The van der Waals surface area contributed by atoms with E-state index in [0.29, 0.717) is 25.1 Å². The molecule has 3 rings (SSSR count). The largest absolute Gasteiger partial charge is 0.472 e. The zero-order chi connectivity index (χ0) is 24.0. The average Bonchev–Trinajstić information content (AvgIpc) is 2.84. The minimum absolute atomic E-state index is 0.0127. The number of rotatable bonds is 5. The Hall–Kier alpha value is -3.44. The lowest BCUT2D eigenvalue weighted by Gasteiger charge is -2.37. The second-order valence-electron chi connectivity index (χ2n) is 8.32. The molecule has 1 aliphatic rings. The van der Waals surface area contributed by atoms with E-state index in [1.165, 1.54) is 0 Å². The standard InChI is InChI=1S/C25H30N4O4/c1-5-23(31)28(4)15-22-17(2)14-29(18(3)16-30)25(32)21-11-20(13-27-24(21)33-22)9-8-19-7-6-10-26-12-19/h6-7,10-13,17-18,22,30H,5,14-16H2,1-4H3/t17-,18-,22+/m0/s1. The second kappa shape index (κ2) is 10.9. The molecule has 0 unspecified atom stereocenters. The van der Waals surface area contributed by atoms with Crippen LogP contribution in [-0.4, -0.2) is 75.6 Å². The molecular weight excluding hydrogens is 420 g/mol. The van der Waals surface area contributed by atoms with Crippen LogP contribution >= 0.6 is 0 Å². The van der Waals surface area contributed by atoms with Gasteiger partial charge in [-0.1, -0.05) is 25.7 Å². The maximum absolute atomic E-state index is 13.4. The Bertz CT molecular complexity index is 1050. The summed E-state index contributed by atoms with van der Waals surface area (Å²) in [7, 11) is 1.74. The summed E-state index contributed by atoms with van der Waals surface area (Å²) in [5.41, 5.74) is 1.60. The Morgan fingerprint density at radius 3 is 2.79 bits per heavy atom. The van der Waals surface area contributed by atoms with Gasteiger partial charge in [0.2, 0.25) is 11.8 Å². The molecule has 0 bridgehead atoms. The summed E-state index contributed by atoms with van der Waals surface area (Å²) in [4.78, 5) is 37.3.